The Bertz CT molecular complexity index is 1030. The molecule has 0 aliphatic carbocycles. The lowest BCUT2D eigenvalue weighted by Gasteiger charge is -2.13. The first kappa shape index (κ1) is 20.6. The first-order valence-electron chi connectivity index (χ1n) is 9.27. The van der Waals surface area contributed by atoms with E-state index < -0.39 is 0 Å². The Morgan fingerprint density at radius 3 is 2.66 bits per heavy atom. The molecule has 2 amide bonds. The fourth-order valence-electron chi connectivity index (χ4n) is 2.91. The maximum Gasteiger partial charge on any atom is 0.234 e. The van der Waals surface area contributed by atoms with Crippen molar-refractivity contribution in [2.75, 3.05) is 16.4 Å². The van der Waals surface area contributed by atoms with Gasteiger partial charge in [0.1, 0.15) is 6.33 Å². The normalized spacial score (nSPS) is 10.6. The lowest BCUT2D eigenvalue weighted by atomic mass is 10.1. The van der Waals surface area contributed by atoms with Gasteiger partial charge in [-0.05, 0) is 42.7 Å². The van der Waals surface area contributed by atoms with Crippen LogP contribution in [0, 0.1) is 6.92 Å². The fraction of sp³-hybridized carbons (Fsp3) is 0.238. The van der Waals surface area contributed by atoms with Gasteiger partial charge in [0.05, 0.1) is 22.8 Å². The molecular weight excluding hydrogens is 386 g/mol. The Morgan fingerprint density at radius 2 is 1.90 bits per heavy atom. The quantitative estimate of drug-likeness (QED) is 0.579. The first-order chi connectivity index (χ1) is 14.0. The van der Waals surface area contributed by atoms with E-state index in [-0.39, 0.29) is 17.6 Å². The minimum atomic E-state index is -0.193. The number of para-hydroxylation sites is 1. The van der Waals surface area contributed by atoms with Crippen LogP contribution >= 0.6 is 11.8 Å². The Kier molecular flexibility index (Phi) is 6.66. The van der Waals surface area contributed by atoms with Crippen molar-refractivity contribution in [2.24, 2.45) is 0 Å². The highest BCUT2D eigenvalue weighted by Gasteiger charge is 2.14. The third-order valence-corrected chi connectivity index (χ3v) is 5.18. The summed E-state index contributed by atoms with van der Waals surface area (Å²) >= 11 is 1.31. The van der Waals surface area contributed by atoms with Crippen LogP contribution in [0.1, 0.15) is 25.0 Å². The molecule has 0 unspecified atom stereocenters. The van der Waals surface area contributed by atoms with Gasteiger partial charge in [-0.2, -0.15) is 0 Å². The van der Waals surface area contributed by atoms with Gasteiger partial charge in [-0.25, -0.2) is 0 Å². The third kappa shape index (κ3) is 5.23. The van der Waals surface area contributed by atoms with E-state index in [0.717, 1.165) is 17.7 Å². The maximum absolute atomic E-state index is 12.5. The highest BCUT2D eigenvalue weighted by molar-refractivity contribution is 7.99. The second-order valence-electron chi connectivity index (χ2n) is 6.53. The van der Waals surface area contributed by atoms with Crippen molar-refractivity contribution in [2.45, 2.75) is 32.3 Å². The summed E-state index contributed by atoms with van der Waals surface area (Å²) in [6.07, 6.45) is 2.54. The smallest absolute Gasteiger partial charge is 0.234 e. The zero-order chi connectivity index (χ0) is 20.8. The monoisotopic (exact) mass is 409 g/mol. The number of thioether (sulfide) groups is 1. The lowest BCUT2D eigenvalue weighted by molar-refractivity contribution is -0.115. The molecule has 0 radical (unpaired) electrons. The van der Waals surface area contributed by atoms with Crippen LogP contribution in [0.15, 0.2) is 53.9 Å². The number of aryl methyl sites for hydroxylation is 2. The molecule has 2 aromatic carbocycles. The summed E-state index contributed by atoms with van der Waals surface area (Å²) in [6, 6.07) is 13.5. The fourth-order valence-corrected chi connectivity index (χ4v) is 3.63. The van der Waals surface area contributed by atoms with Crippen LogP contribution in [-0.4, -0.2) is 32.3 Å². The molecular formula is C21H23N5O2S. The molecule has 3 rings (SSSR count). The van der Waals surface area contributed by atoms with E-state index in [0.29, 0.717) is 16.5 Å². The molecule has 0 saturated heterocycles. The van der Waals surface area contributed by atoms with E-state index in [1.165, 1.54) is 24.2 Å². The standard InChI is InChI=1S/C21H23N5O2S/c1-4-16-7-5-6-8-19(16)26-13-22-25-21(26)29-12-20(28)24-18-11-14(2)9-10-17(18)23-15(3)27/h5-11,13H,4,12H2,1-3H3,(H,23,27)(H,24,28). The second-order valence-corrected chi connectivity index (χ2v) is 7.48. The zero-order valence-corrected chi connectivity index (χ0v) is 17.4. The van der Waals surface area contributed by atoms with E-state index in [2.05, 4.69) is 33.8 Å². The number of carbonyl (C=O) groups excluding carboxylic acids is 2. The van der Waals surface area contributed by atoms with E-state index in [1.54, 1.807) is 12.4 Å². The molecule has 1 heterocycles. The summed E-state index contributed by atoms with van der Waals surface area (Å²) in [5.74, 6) is -0.215. The van der Waals surface area contributed by atoms with Crippen LogP contribution in [0.2, 0.25) is 0 Å². The third-order valence-electron chi connectivity index (χ3n) is 4.24. The lowest BCUT2D eigenvalue weighted by Crippen LogP contribution is -2.17. The van der Waals surface area contributed by atoms with E-state index in [1.807, 2.05) is 41.8 Å². The molecule has 8 heteroatoms. The molecule has 0 aliphatic rings. The second kappa shape index (κ2) is 9.38. The van der Waals surface area contributed by atoms with Crippen molar-refractivity contribution in [3.05, 3.63) is 59.9 Å². The van der Waals surface area contributed by atoms with Crippen LogP contribution < -0.4 is 10.6 Å². The van der Waals surface area contributed by atoms with Gasteiger partial charge in [0, 0.05) is 6.92 Å². The summed E-state index contributed by atoms with van der Waals surface area (Å²) in [5, 5.41) is 14.4. The summed E-state index contributed by atoms with van der Waals surface area (Å²) in [5.41, 5.74) is 4.32. The van der Waals surface area contributed by atoms with Crippen molar-refractivity contribution in [1.29, 1.82) is 0 Å². The van der Waals surface area contributed by atoms with Gasteiger partial charge in [-0.1, -0.05) is 43.0 Å². The number of carbonyl (C=O) groups is 2. The molecule has 0 fully saturated rings. The molecule has 0 saturated carbocycles. The molecule has 3 aromatic rings. The van der Waals surface area contributed by atoms with E-state index >= 15 is 0 Å². The van der Waals surface area contributed by atoms with Crippen molar-refractivity contribution in [1.82, 2.24) is 14.8 Å². The molecule has 0 aliphatic heterocycles. The van der Waals surface area contributed by atoms with Crippen LogP contribution in [-0.2, 0) is 16.0 Å². The van der Waals surface area contributed by atoms with E-state index in [9.17, 15) is 9.59 Å². The molecule has 0 atom stereocenters. The number of amides is 2. The van der Waals surface area contributed by atoms with Crippen LogP contribution in [0.25, 0.3) is 5.69 Å². The Labute approximate surface area is 173 Å². The molecule has 7 nitrogen and oxygen atoms in total. The number of benzene rings is 2. The van der Waals surface area contributed by atoms with Gasteiger partial charge < -0.3 is 10.6 Å². The maximum atomic E-state index is 12.5. The summed E-state index contributed by atoms with van der Waals surface area (Å²) < 4.78 is 1.90. The number of nitrogens with zero attached hydrogens (tertiary/aromatic N) is 3. The Hall–Kier alpha value is -3.13. The van der Waals surface area contributed by atoms with Crippen LogP contribution in [0.3, 0.4) is 0 Å². The number of nitrogens with one attached hydrogen (secondary N) is 2. The first-order valence-corrected chi connectivity index (χ1v) is 10.3. The number of rotatable bonds is 7. The molecule has 29 heavy (non-hydrogen) atoms. The molecule has 2 N–H and O–H groups in total. The highest BCUT2D eigenvalue weighted by atomic mass is 32.2. The Morgan fingerprint density at radius 1 is 1.10 bits per heavy atom. The summed E-state index contributed by atoms with van der Waals surface area (Å²) in [7, 11) is 0. The van der Waals surface area contributed by atoms with Gasteiger partial charge >= 0.3 is 0 Å². The molecule has 0 spiro atoms. The molecule has 0 bridgehead atoms. The van der Waals surface area contributed by atoms with Gasteiger partial charge in [0.15, 0.2) is 5.16 Å². The van der Waals surface area contributed by atoms with Gasteiger partial charge in [0.25, 0.3) is 0 Å². The average Bonchev–Trinajstić information content (AvgIpc) is 3.16. The van der Waals surface area contributed by atoms with Gasteiger partial charge in [0.2, 0.25) is 11.8 Å². The SMILES string of the molecule is CCc1ccccc1-n1cnnc1SCC(=O)Nc1cc(C)ccc1NC(C)=O. The van der Waals surface area contributed by atoms with Crippen LogP contribution in [0.5, 0.6) is 0 Å². The average molecular weight is 410 g/mol. The number of aromatic nitrogens is 3. The van der Waals surface area contributed by atoms with Crippen molar-refractivity contribution >= 4 is 35.0 Å². The molecule has 150 valence electrons. The Balaban J connectivity index is 1.71. The van der Waals surface area contributed by atoms with Gasteiger partial charge in [-0.15, -0.1) is 10.2 Å². The minimum Gasteiger partial charge on any atom is -0.325 e. The predicted molar refractivity (Wildman–Crippen MR) is 116 cm³/mol. The summed E-state index contributed by atoms with van der Waals surface area (Å²) in [6.45, 7) is 5.45. The number of hydrogen-bond acceptors (Lipinski definition) is 5. The largest absolute Gasteiger partial charge is 0.325 e. The minimum absolute atomic E-state index is 0.167. The van der Waals surface area contributed by atoms with Crippen LogP contribution in [0.4, 0.5) is 11.4 Å². The highest BCUT2D eigenvalue weighted by Crippen LogP contribution is 2.25. The number of hydrogen-bond donors (Lipinski definition) is 2. The van der Waals surface area contributed by atoms with Gasteiger partial charge in [-0.3, -0.25) is 14.2 Å². The predicted octanol–water partition coefficient (Wildman–Crippen LogP) is 3.83. The van der Waals surface area contributed by atoms with Crippen molar-refractivity contribution in [3.63, 3.8) is 0 Å². The van der Waals surface area contributed by atoms with E-state index in [4.69, 9.17) is 0 Å². The molecule has 1 aromatic heterocycles. The zero-order valence-electron chi connectivity index (χ0n) is 16.6. The summed E-state index contributed by atoms with van der Waals surface area (Å²) in [4.78, 5) is 23.9. The number of anilines is 2. The topological polar surface area (TPSA) is 88.9 Å². The van der Waals surface area contributed by atoms with Crippen molar-refractivity contribution < 1.29 is 9.59 Å². The van der Waals surface area contributed by atoms with Crippen molar-refractivity contribution in [3.8, 4) is 5.69 Å².